The largest absolute Gasteiger partial charge is 0.481 e. The highest BCUT2D eigenvalue weighted by Gasteiger charge is 2.29. The molecular formula is C16H20FNO3. The van der Waals surface area contributed by atoms with Crippen molar-refractivity contribution in [1.82, 2.24) is 4.90 Å². The van der Waals surface area contributed by atoms with Crippen LogP contribution in [0.4, 0.5) is 4.39 Å². The van der Waals surface area contributed by atoms with Gasteiger partial charge in [0, 0.05) is 19.5 Å². The number of halogens is 1. The third-order valence-electron chi connectivity index (χ3n) is 4.04. The van der Waals surface area contributed by atoms with Crippen molar-refractivity contribution >= 4 is 11.9 Å². The summed E-state index contributed by atoms with van der Waals surface area (Å²) in [6, 6.07) is 6.44. The molecule has 2 rings (SSSR count). The zero-order valence-electron chi connectivity index (χ0n) is 12.1. The first-order chi connectivity index (χ1) is 9.99. The molecule has 5 heteroatoms. The molecule has 2 atom stereocenters. The Labute approximate surface area is 123 Å². The highest BCUT2D eigenvalue weighted by atomic mass is 19.1. The predicted octanol–water partition coefficient (Wildman–Crippen LogP) is 2.64. The van der Waals surface area contributed by atoms with Crippen molar-refractivity contribution in [3.05, 3.63) is 35.6 Å². The van der Waals surface area contributed by atoms with E-state index in [4.69, 9.17) is 5.11 Å². The number of carbonyl (C=O) groups excluding carboxylic acids is 1. The number of piperidine rings is 1. The van der Waals surface area contributed by atoms with E-state index in [2.05, 4.69) is 0 Å². The highest BCUT2D eigenvalue weighted by molar-refractivity contribution is 5.78. The zero-order valence-corrected chi connectivity index (χ0v) is 12.1. The maximum atomic E-state index is 13.7. The van der Waals surface area contributed by atoms with E-state index in [1.807, 2.05) is 6.92 Å². The zero-order chi connectivity index (χ0) is 15.4. The lowest BCUT2D eigenvalue weighted by Gasteiger charge is -2.31. The molecule has 0 bridgehead atoms. The second kappa shape index (κ2) is 6.70. The van der Waals surface area contributed by atoms with E-state index in [1.165, 1.54) is 6.07 Å². The Balaban J connectivity index is 1.98. The maximum absolute atomic E-state index is 13.7. The van der Waals surface area contributed by atoms with Crippen LogP contribution >= 0.6 is 0 Å². The number of hydrogen-bond acceptors (Lipinski definition) is 2. The van der Waals surface area contributed by atoms with Crippen molar-refractivity contribution in [2.75, 3.05) is 13.1 Å². The van der Waals surface area contributed by atoms with Gasteiger partial charge in [-0.2, -0.15) is 0 Å². The van der Waals surface area contributed by atoms with Gasteiger partial charge in [-0.15, -0.1) is 0 Å². The first-order valence-corrected chi connectivity index (χ1v) is 7.24. The quantitative estimate of drug-likeness (QED) is 0.928. The molecule has 0 radical (unpaired) electrons. The number of aliphatic carboxylic acids is 1. The number of benzene rings is 1. The Kier molecular flexibility index (Phi) is 4.94. The number of carbonyl (C=O) groups is 2. The Morgan fingerprint density at radius 3 is 2.81 bits per heavy atom. The molecule has 1 N–H and O–H groups in total. The summed E-state index contributed by atoms with van der Waals surface area (Å²) >= 11 is 0. The van der Waals surface area contributed by atoms with Crippen molar-refractivity contribution in [2.45, 2.75) is 32.1 Å². The lowest BCUT2D eigenvalue weighted by atomic mass is 9.94. The predicted molar refractivity (Wildman–Crippen MR) is 76.4 cm³/mol. The van der Waals surface area contributed by atoms with Crippen LogP contribution in [0.3, 0.4) is 0 Å². The van der Waals surface area contributed by atoms with Gasteiger partial charge in [-0.3, -0.25) is 9.59 Å². The molecule has 1 amide bonds. The number of rotatable bonds is 4. The average molecular weight is 293 g/mol. The second-order valence-electron chi connectivity index (χ2n) is 5.64. The fourth-order valence-electron chi connectivity index (χ4n) is 2.78. The van der Waals surface area contributed by atoms with Crippen molar-refractivity contribution in [3.8, 4) is 0 Å². The Morgan fingerprint density at radius 2 is 2.14 bits per heavy atom. The molecule has 0 saturated carbocycles. The normalized spacial score (nSPS) is 20.1. The van der Waals surface area contributed by atoms with Crippen molar-refractivity contribution < 1.29 is 19.1 Å². The minimum Gasteiger partial charge on any atom is -0.481 e. The van der Waals surface area contributed by atoms with E-state index >= 15 is 0 Å². The molecule has 114 valence electrons. The minimum absolute atomic E-state index is 0.100. The molecule has 1 saturated heterocycles. The molecule has 1 aromatic carbocycles. The Morgan fingerprint density at radius 1 is 1.43 bits per heavy atom. The summed E-state index contributed by atoms with van der Waals surface area (Å²) in [5.74, 6) is -1.96. The molecule has 4 nitrogen and oxygen atoms in total. The lowest BCUT2D eigenvalue weighted by molar-refractivity contribution is -0.145. The van der Waals surface area contributed by atoms with Gasteiger partial charge in [-0.25, -0.2) is 4.39 Å². The standard InChI is InChI=1S/C16H20FNO3/c1-11(13-6-2-3-7-14(13)17)9-15(19)18-8-4-5-12(10-18)16(20)21/h2-3,6-7,11-12H,4-5,8-10H2,1H3,(H,20,21)/t11?,12-/m0/s1. The topological polar surface area (TPSA) is 57.6 Å². The van der Waals surface area contributed by atoms with Gasteiger partial charge < -0.3 is 10.0 Å². The summed E-state index contributed by atoms with van der Waals surface area (Å²) in [6.07, 6.45) is 1.52. The van der Waals surface area contributed by atoms with E-state index in [0.29, 0.717) is 24.9 Å². The average Bonchev–Trinajstić information content (AvgIpc) is 2.47. The summed E-state index contributed by atoms with van der Waals surface area (Å²) < 4.78 is 13.7. The van der Waals surface area contributed by atoms with Crippen LogP contribution in [0.1, 0.15) is 37.7 Å². The molecular weight excluding hydrogens is 273 g/mol. The number of carboxylic acids is 1. The summed E-state index contributed by atoms with van der Waals surface area (Å²) in [5.41, 5.74) is 0.526. The second-order valence-corrected chi connectivity index (χ2v) is 5.64. The van der Waals surface area contributed by atoms with Crippen LogP contribution < -0.4 is 0 Å². The number of nitrogens with zero attached hydrogens (tertiary/aromatic N) is 1. The van der Waals surface area contributed by atoms with E-state index in [1.54, 1.807) is 23.1 Å². The van der Waals surface area contributed by atoms with Gasteiger partial charge in [-0.05, 0) is 30.4 Å². The van der Waals surface area contributed by atoms with Gasteiger partial charge in [0.25, 0.3) is 0 Å². The summed E-state index contributed by atoms with van der Waals surface area (Å²) in [5, 5.41) is 9.05. The Bertz CT molecular complexity index is 532. The van der Waals surface area contributed by atoms with Crippen molar-refractivity contribution in [2.24, 2.45) is 5.92 Å². The van der Waals surface area contributed by atoms with Gasteiger partial charge in [0.1, 0.15) is 5.82 Å². The molecule has 0 spiro atoms. The van der Waals surface area contributed by atoms with Gasteiger partial charge >= 0.3 is 5.97 Å². The van der Waals surface area contributed by atoms with Crippen LogP contribution in [0.15, 0.2) is 24.3 Å². The Hall–Kier alpha value is -1.91. The molecule has 1 aliphatic rings. The third-order valence-corrected chi connectivity index (χ3v) is 4.04. The monoisotopic (exact) mass is 293 g/mol. The van der Waals surface area contributed by atoms with Crippen molar-refractivity contribution in [3.63, 3.8) is 0 Å². The van der Waals surface area contributed by atoms with Gasteiger partial charge in [0.2, 0.25) is 5.91 Å². The maximum Gasteiger partial charge on any atom is 0.308 e. The van der Waals surface area contributed by atoms with E-state index in [0.717, 1.165) is 0 Å². The van der Waals surface area contributed by atoms with E-state index in [-0.39, 0.29) is 30.6 Å². The molecule has 1 heterocycles. The molecule has 1 fully saturated rings. The van der Waals surface area contributed by atoms with Crippen LogP contribution in [-0.2, 0) is 9.59 Å². The number of amides is 1. The lowest BCUT2D eigenvalue weighted by Crippen LogP contribution is -2.42. The fraction of sp³-hybridized carbons (Fsp3) is 0.500. The molecule has 1 aromatic rings. The van der Waals surface area contributed by atoms with E-state index in [9.17, 15) is 14.0 Å². The van der Waals surface area contributed by atoms with Gasteiger partial charge in [0.05, 0.1) is 5.92 Å². The minimum atomic E-state index is -0.852. The molecule has 0 aromatic heterocycles. The smallest absolute Gasteiger partial charge is 0.308 e. The van der Waals surface area contributed by atoms with Crippen LogP contribution in [-0.4, -0.2) is 35.0 Å². The SMILES string of the molecule is CC(CC(=O)N1CCC[C@H](C(=O)O)C1)c1ccccc1F. The van der Waals surface area contributed by atoms with Crippen molar-refractivity contribution in [1.29, 1.82) is 0 Å². The number of hydrogen-bond donors (Lipinski definition) is 1. The fourth-order valence-corrected chi connectivity index (χ4v) is 2.78. The first-order valence-electron chi connectivity index (χ1n) is 7.24. The van der Waals surface area contributed by atoms with Gasteiger partial charge in [-0.1, -0.05) is 25.1 Å². The molecule has 0 aliphatic carbocycles. The van der Waals surface area contributed by atoms with Crippen LogP contribution in [0.2, 0.25) is 0 Å². The highest BCUT2D eigenvalue weighted by Crippen LogP contribution is 2.24. The summed E-state index contributed by atoms with van der Waals surface area (Å²) in [6.45, 7) is 2.67. The molecule has 21 heavy (non-hydrogen) atoms. The van der Waals surface area contributed by atoms with E-state index < -0.39 is 11.9 Å². The van der Waals surface area contributed by atoms with Crippen LogP contribution in [0, 0.1) is 11.7 Å². The summed E-state index contributed by atoms with van der Waals surface area (Å²) in [4.78, 5) is 24.9. The molecule has 1 unspecified atom stereocenters. The van der Waals surface area contributed by atoms with Crippen LogP contribution in [0.25, 0.3) is 0 Å². The van der Waals surface area contributed by atoms with Gasteiger partial charge in [0.15, 0.2) is 0 Å². The number of likely N-dealkylation sites (tertiary alicyclic amines) is 1. The summed E-state index contributed by atoms with van der Waals surface area (Å²) in [7, 11) is 0. The molecule has 1 aliphatic heterocycles. The third kappa shape index (κ3) is 3.80. The van der Waals surface area contributed by atoms with Crippen LogP contribution in [0.5, 0.6) is 0 Å². The number of carboxylic acid groups (broad SMARTS) is 1. The first kappa shape index (κ1) is 15.5.